The predicted octanol–water partition coefficient (Wildman–Crippen LogP) is 3.10. The molecular weight excluding hydrogens is 374 g/mol. The molecule has 1 aromatic carbocycles. The number of aromatic nitrogens is 1. The number of alkyl carbamates (subject to hydrolysis) is 1. The number of amides is 2. The Morgan fingerprint density at radius 1 is 1.07 bits per heavy atom. The average Bonchev–Trinajstić information content (AvgIpc) is 3.01. The van der Waals surface area contributed by atoms with Crippen LogP contribution in [0, 0.1) is 0 Å². The van der Waals surface area contributed by atoms with Gasteiger partial charge in [0.15, 0.2) is 0 Å². The van der Waals surface area contributed by atoms with Gasteiger partial charge in [0.1, 0.15) is 16.8 Å². The van der Waals surface area contributed by atoms with E-state index in [-0.39, 0.29) is 5.70 Å². The lowest BCUT2D eigenvalue weighted by Crippen LogP contribution is -2.52. The molecule has 8 nitrogen and oxygen atoms in total. The van der Waals surface area contributed by atoms with Gasteiger partial charge in [-0.15, -0.1) is 0 Å². The van der Waals surface area contributed by atoms with Crippen LogP contribution in [0.5, 0.6) is 0 Å². The number of carbonyl (C=O) groups excluding carboxylic acids is 3. The van der Waals surface area contributed by atoms with E-state index >= 15 is 0 Å². The first-order valence-corrected chi connectivity index (χ1v) is 9.12. The molecule has 0 saturated heterocycles. The first-order valence-electron chi connectivity index (χ1n) is 9.12. The van der Waals surface area contributed by atoms with Crippen LogP contribution in [-0.4, -0.2) is 41.2 Å². The van der Waals surface area contributed by atoms with Gasteiger partial charge < -0.3 is 19.8 Å². The molecule has 0 aliphatic heterocycles. The third-order valence-corrected chi connectivity index (χ3v) is 3.92. The molecule has 0 atom stereocenters. The minimum absolute atomic E-state index is 0.0685. The van der Waals surface area contributed by atoms with Crippen LogP contribution in [0.2, 0.25) is 0 Å². The van der Waals surface area contributed by atoms with Gasteiger partial charge in [-0.2, -0.15) is 0 Å². The standard InChI is InChI=1S/C21H27N3O5/c1-20(2,3)29-19(27)23-16(17(25)24-21(4,5)18(26)28-6)11-13-12-22-15-10-8-7-9-14(13)15/h7-12,22H,1-6H3,(H,23,27)(H,24,25)/b16-11-. The summed E-state index contributed by atoms with van der Waals surface area (Å²) in [5.74, 6) is -1.27. The zero-order valence-electron chi connectivity index (χ0n) is 17.5. The van der Waals surface area contributed by atoms with Crippen LogP contribution in [0.25, 0.3) is 17.0 Å². The van der Waals surface area contributed by atoms with Gasteiger partial charge in [0, 0.05) is 22.7 Å². The van der Waals surface area contributed by atoms with E-state index in [2.05, 4.69) is 15.6 Å². The molecule has 0 spiro atoms. The predicted molar refractivity (Wildman–Crippen MR) is 110 cm³/mol. The van der Waals surface area contributed by atoms with Crippen LogP contribution in [0.1, 0.15) is 40.2 Å². The molecule has 1 aromatic heterocycles. The molecule has 156 valence electrons. The SMILES string of the molecule is COC(=O)C(C)(C)NC(=O)/C(=C/c1c[nH]c2ccccc12)NC(=O)OC(C)(C)C. The van der Waals surface area contributed by atoms with Crippen molar-refractivity contribution < 1.29 is 23.9 Å². The Morgan fingerprint density at radius 3 is 2.34 bits per heavy atom. The van der Waals surface area contributed by atoms with E-state index in [4.69, 9.17) is 9.47 Å². The van der Waals surface area contributed by atoms with Gasteiger partial charge in [-0.3, -0.25) is 10.1 Å². The molecule has 0 bridgehead atoms. The number of hydrogen-bond acceptors (Lipinski definition) is 5. The van der Waals surface area contributed by atoms with Crippen molar-refractivity contribution in [3.8, 4) is 0 Å². The van der Waals surface area contributed by atoms with Crippen LogP contribution in [0.4, 0.5) is 4.79 Å². The molecule has 2 amide bonds. The summed E-state index contributed by atoms with van der Waals surface area (Å²) in [6.07, 6.45) is 2.46. The first kappa shape index (κ1) is 22.0. The second-order valence-electron chi connectivity index (χ2n) is 8.05. The maximum Gasteiger partial charge on any atom is 0.412 e. The van der Waals surface area contributed by atoms with E-state index in [1.54, 1.807) is 27.0 Å². The molecule has 0 unspecified atom stereocenters. The molecule has 8 heteroatoms. The Hall–Kier alpha value is -3.29. The first-order chi connectivity index (χ1) is 13.4. The number of esters is 1. The van der Waals surface area contributed by atoms with E-state index in [0.717, 1.165) is 10.9 Å². The van der Waals surface area contributed by atoms with Gasteiger partial charge in [0.25, 0.3) is 5.91 Å². The number of benzene rings is 1. The number of carbonyl (C=O) groups is 3. The highest BCUT2D eigenvalue weighted by Gasteiger charge is 2.32. The monoisotopic (exact) mass is 401 g/mol. The quantitative estimate of drug-likeness (QED) is 0.527. The van der Waals surface area contributed by atoms with Gasteiger partial charge in [-0.1, -0.05) is 18.2 Å². The highest BCUT2D eigenvalue weighted by molar-refractivity contribution is 6.04. The lowest BCUT2D eigenvalue weighted by molar-refractivity contribution is -0.148. The number of rotatable bonds is 5. The topological polar surface area (TPSA) is 110 Å². The van der Waals surface area contributed by atoms with E-state index < -0.39 is 29.1 Å². The summed E-state index contributed by atoms with van der Waals surface area (Å²) in [7, 11) is 1.23. The van der Waals surface area contributed by atoms with Gasteiger partial charge in [0.2, 0.25) is 0 Å². The average molecular weight is 401 g/mol. The minimum Gasteiger partial charge on any atom is -0.467 e. The van der Waals surface area contributed by atoms with E-state index in [1.807, 2.05) is 24.3 Å². The minimum atomic E-state index is -1.29. The largest absolute Gasteiger partial charge is 0.467 e. The van der Waals surface area contributed by atoms with E-state index in [0.29, 0.717) is 5.56 Å². The normalized spacial score (nSPS) is 12.4. The highest BCUT2D eigenvalue weighted by Crippen LogP contribution is 2.20. The fourth-order valence-corrected chi connectivity index (χ4v) is 2.60. The number of aromatic amines is 1. The number of ether oxygens (including phenoxy) is 2. The zero-order chi connectivity index (χ0) is 21.8. The zero-order valence-corrected chi connectivity index (χ0v) is 17.5. The summed E-state index contributed by atoms with van der Waals surface area (Å²) < 4.78 is 9.97. The summed E-state index contributed by atoms with van der Waals surface area (Å²) in [6, 6.07) is 7.54. The smallest absolute Gasteiger partial charge is 0.412 e. The molecule has 0 aliphatic rings. The third-order valence-electron chi connectivity index (χ3n) is 3.92. The Kier molecular flexibility index (Phi) is 6.36. The Labute approximate surface area is 169 Å². The molecule has 0 aliphatic carbocycles. The van der Waals surface area contributed by atoms with Crippen LogP contribution in [0.3, 0.4) is 0 Å². The molecule has 0 radical (unpaired) electrons. The summed E-state index contributed by atoms with van der Waals surface area (Å²) in [5, 5.41) is 5.92. The molecule has 1 heterocycles. The molecule has 3 N–H and O–H groups in total. The van der Waals surface area contributed by atoms with Crippen molar-refractivity contribution in [3.05, 3.63) is 41.7 Å². The number of para-hydroxylation sites is 1. The fraction of sp³-hybridized carbons (Fsp3) is 0.381. The van der Waals surface area contributed by atoms with Crippen molar-refractivity contribution in [1.82, 2.24) is 15.6 Å². The van der Waals surface area contributed by atoms with Crippen molar-refractivity contribution in [2.24, 2.45) is 0 Å². The van der Waals surface area contributed by atoms with Gasteiger partial charge in [-0.25, -0.2) is 9.59 Å². The Morgan fingerprint density at radius 2 is 1.72 bits per heavy atom. The Balaban J connectivity index is 2.38. The van der Waals surface area contributed by atoms with Crippen LogP contribution >= 0.6 is 0 Å². The van der Waals surface area contributed by atoms with Gasteiger partial charge in [0.05, 0.1) is 7.11 Å². The fourth-order valence-electron chi connectivity index (χ4n) is 2.60. The number of nitrogens with one attached hydrogen (secondary N) is 3. The van der Waals surface area contributed by atoms with Crippen molar-refractivity contribution in [2.75, 3.05) is 7.11 Å². The Bertz CT molecular complexity index is 951. The van der Waals surface area contributed by atoms with Crippen molar-refractivity contribution in [2.45, 2.75) is 45.8 Å². The van der Waals surface area contributed by atoms with Crippen LogP contribution < -0.4 is 10.6 Å². The lowest BCUT2D eigenvalue weighted by atomic mass is 10.1. The van der Waals surface area contributed by atoms with Crippen molar-refractivity contribution in [3.63, 3.8) is 0 Å². The lowest BCUT2D eigenvalue weighted by Gasteiger charge is -2.24. The van der Waals surface area contributed by atoms with E-state index in [1.165, 1.54) is 27.0 Å². The number of fused-ring (bicyclic) bond motifs is 1. The highest BCUT2D eigenvalue weighted by atomic mass is 16.6. The van der Waals surface area contributed by atoms with Gasteiger partial charge >= 0.3 is 12.1 Å². The molecule has 29 heavy (non-hydrogen) atoms. The summed E-state index contributed by atoms with van der Waals surface area (Å²) in [5.41, 5.74) is -0.525. The molecule has 0 fully saturated rings. The number of methoxy groups -OCH3 is 1. The molecule has 2 rings (SSSR count). The summed E-state index contributed by atoms with van der Waals surface area (Å²) >= 11 is 0. The maximum atomic E-state index is 12.9. The second-order valence-corrected chi connectivity index (χ2v) is 8.05. The number of H-pyrrole nitrogens is 1. The van der Waals surface area contributed by atoms with Gasteiger partial charge in [-0.05, 0) is 46.8 Å². The molecular formula is C21H27N3O5. The molecule has 2 aromatic rings. The van der Waals surface area contributed by atoms with Crippen molar-refractivity contribution >= 4 is 34.9 Å². The number of hydrogen-bond donors (Lipinski definition) is 3. The van der Waals surface area contributed by atoms with Crippen LogP contribution in [0.15, 0.2) is 36.2 Å². The van der Waals surface area contributed by atoms with Crippen molar-refractivity contribution in [1.29, 1.82) is 0 Å². The summed E-state index contributed by atoms with van der Waals surface area (Å²) in [6.45, 7) is 8.17. The second kappa shape index (κ2) is 8.38. The maximum absolute atomic E-state index is 12.9. The van der Waals surface area contributed by atoms with E-state index in [9.17, 15) is 14.4 Å². The molecule has 0 saturated carbocycles. The summed E-state index contributed by atoms with van der Waals surface area (Å²) in [4.78, 5) is 40.2. The van der Waals surface area contributed by atoms with Crippen LogP contribution in [-0.2, 0) is 19.1 Å². The third kappa shape index (κ3) is 5.84.